The average molecular weight is 399 g/mol. The second-order valence-corrected chi connectivity index (χ2v) is 6.48. The molecule has 2 aromatic rings. The van der Waals surface area contributed by atoms with Gasteiger partial charge in [-0.3, -0.25) is 4.79 Å². The predicted octanol–water partition coefficient (Wildman–Crippen LogP) is 1.69. The molecule has 2 heterocycles. The number of benzene rings is 1. The number of aromatic nitrogens is 2. The molecule has 1 fully saturated rings. The molecule has 0 aliphatic carbocycles. The minimum absolute atomic E-state index is 0.237. The number of hydrogen-bond donors (Lipinski definition) is 1. The first-order valence-electron chi connectivity index (χ1n) is 9.50. The zero-order valence-corrected chi connectivity index (χ0v) is 16.6. The first kappa shape index (κ1) is 20.4. The molecule has 2 amide bonds. The molecule has 0 radical (unpaired) electrons. The summed E-state index contributed by atoms with van der Waals surface area (Å²) in [6, 6.07) is 7.49. The van der Waals surface area contributed by atoms with Crippen molar-refractivity contribution in [1.82, 2.24) is 20.2 Å². The smallest absolute Gasteiger partial charge is 0.409 e. The molecule has 1 aliphatic heterocycles. The van der Waals surface area contributed by atoms with E-state index in [-0.39, 0.29) is 12.0 Å². The number of piperazine rings is 1. The van der Waals surface area contributed by atoms with E-state index in [4.69, 9.17) is 9.47 Å². The van der Waals surface area contributed by atoms with Gasteiger partial charge in [0.25, 0.3) is 5.91 Å². The molecule has 0 spiro atoms. The number of nitrogens with zero attached hydrogens (tertiary/aromatic N) is 4. The summed E-state index contributed by atoms with van der Waals surface area (Å²) in [4.78, 5) is 36.3. The molecule has 0 bridgehead atoms. The SMILES string of the molecule is CCOC(=O)N1CCN(c2ncc(C(=O)NCc3ccc(OC)cc3)cn2)CC1. The molecule has 0 unspecified atom stereocenters. The van der Waals surface area contributed by atoms with Gasteiger partial charge in [0.15, 0.2) is 0 Å². The van der Waals surface area contributed by atoms with Gasteiger partial charge in [-0.15, -0.1) is 0 Å². The van der Waals surface area contributed by atoms with Crippen molar-refractivity contribution in [3.05, 3.63) is 47.8 Å². The monoisotopic (exact) mass is 399 g/mol. The van der Waals surface area contributed by atoms with E-state index >= 15 is 0 Å². The molecule has 29 heavy (non-hydrogen) atoms. The summed E-state index contributed by atoms with van der Waals surface area (Å²) in [7, 11) is 1.61. The Kier molecular flexibility index (Phi) is 6.83. The van der Waals surface area contributed by atoms with Gasteiger partial charge >= 0.3 is 6.09 Å². The van der Waals surface area contributed by atoms with Crippen molar-refractivity contribution in [3.8, 4) is 5.75 Å². The molecule has 1 aromatic carbocycles. The minimum Gasteiger partial charge on any atom is -0.497 e. The van der Waals surface area contributed by atoms with Gasteiger partial charge in [0.05, 0.1) is 19.3 Å². The predicted molar refractivity (Wildman–Crippen MR) is 107 cm³/mol. The maximum Gasteiger partial charge on any atom is 0.409 e. The van der Waals surface area contributed by atoms with Crippen molar-refractivity contribution in [2.45, 2.75) is 13.5 Å². The van der Waals surface area contributed by atoms with Crippen molar-refractivity contribution < 1.29 is 19.1 Å². The molecule has 1 N–H and O–H groups in total. The van der Waals surface area contributed by atoms with Gasteiger partial charge in [-0.05, 0) is 24.6 Å². The topological polar surface area (TPSA) is 96.9 Å². The number of hydrogen-bond acceptors (Lipinski definition) is 7. The fourth-order valence-electron chi connectivity index (χ4n) is 2.93. The second-order valence-electron chi connectivity index (χ2n) is 6.48. The van der Waals surface area contributed by atoms with Crippen LogP contribution in [0.5, 0.6) is 5.75 Å². The molecule has 3 rings (SSSR count). The number of rotatable bonds is 6. The third kappa shape index (κ3) is 5.34. The van der Waals surface area contributed by atoms with Crippen molar-refractivity contribution in [2.75, 3.05) is 44.8 Å². The summed E-state index contributed by atoms with van der Waals surface area (Å²) in [6.45, 7) is 4.88. The van der Waals surface area contributed by atoms with Gasteiger partial charge in [-0.25, -0.2) is 14.8 Å². The number of carbonyl (C=O) groups excluding carboxylic acids is 2. The van der Waals surface area contributed by atoms with Gasteiger partial charge in [0, 0.05) is 45.1 Å². The lowest BCUT2D eigenvalue weighted by Crippen LogP contribution is -2.49. The highest BCUT2D eigenvalue weighted by atomic mass is 16.6. The summed E-state index contributed by atoms with van der Waals surface area (Å²) in [5, 5.41) is 2.85. The lowest BCUT2D eigenvalue weighted by Gasteiger charge is -2.33. The van der Waals surface area contributed by atoms with Gasteiger partial charge in [0.1, 0.15) is 5.75 Å². The maximum atomic E-state index is 12.3. The van der Waals surface area contributed by atoms with E-state index in [1.54, 1.807) is 18.9 Å². The fraction of sp³-hybridized carbons (Fsp3) is 0.400. The first-order chi connectivity index (χ1) is 14.1. The summed E-state index contributed by atoms with van der Waals surface area (Å²) >= 11 is 0. The average Bonchev–Trinajstić information content (AvgIpc) is 2.78. The number of carbonyl (C=O) groups is 2. The Labute approximate surface area is 169 Å². The number of amides is 2. The van der Waals surface area contributed by atoms with E-state index in [0.29, 0.717) is 50.8 Å². The highest BCUT2D eigenvalue weighted by Crippen LogP contribution is 2.13. The lowest BCUT2D eigenvalue weighted by molar-refractivity contribution is 0.0949. The van der Waals surface area contributed by atoms with Crippen molar-refractivity contribution in [1.29, 1.82) is 0 Å². The molecule has 154 valence electrons. The number of anilines is 1. The lowest BCUT2D eigenvalue weighted by atomic mass is 10.2. The van der Waals surface area contributed by atoms with Crippen LogP contribution in [0.1, 0.15) is 22.8 Å². The van der Waals surface area contributed by atoms with Crippen molar-refractivity contribution in [2.24, 2.45) is 0 Å². The third-order valence-electron chi connectivity index (χ3n) is 4.60. The first-order valence-corrected chi connectivity index (χ1v) is 9.50. The normalized spacial score (nSPS) is 13.7. The van der Waals surface area contributed by atoms with Crippen LogP contribution in [-0.4, -0.2) is 66.8 Å². The molecule has 1 saturated heterocycles. The standard InChI is InChI=1S/C20H25N5O4/c1-3-29-20(27)25-10-8-24(9-11-25)19-22-13-16(14-23-19)18(26)21-12-15-4-6-17(28-2)7-5-15/h4-7,13-14H,3,8-12H2,1-2H3,(H,21,26). The van der Waals surface area contributed by atoms with Gasteiger partial charge in [0.2, 0.25) is 5.95 Å². The van der Waals surface area contributed by atoms with Gasteiger partial charge in [-0.1, -0.05) is 12.1 Å². The van der Waals surface area contributed by atoms with Crippen LogP contribution in [0.15, 0.2) is 36.7 Å². The van der Waals surface area contributed by atoms with Gasteiger partial charge in [-0.2, -0.15) is 0 Å². The Bertz CT molecular complexity index is 818. The zero-order chi connectivity index (χ0) is 20.6. The molecule has 1 aliphatic rings. The number of methoxy groups -OCH3 is 1. The molecule has 9 nitrogen and oxygen atoms in total. The Balaban J connectivity index is 1.50. The van der Waals surface area contributed by atoms with Crippen LogP contribution in [0.3, 0.4) is 0 Å². The van der Waals surface area contributed by atoms with Gasteiger partial charge < -0.3 is 24.6 Å². The highest BCUT2D eigenvalue weighted by Gasteiger charge is 2.23. The van der Waals surface area contributed by atoms with E-state index in [1.807, 2.05) is 29.2 Å². The number of nitrogens with one attached hydrogen (secondary N) is 1. The third-order valence-corrected chi connectivity index (χ3v) is 4.60. The molecule has 0 saturated carbocycles. The van der Waals surface area contributed by atoms with E-state index in [1.165, 1.54) is 12.4 Å². The van der Waals surface area contributed by atoms with E-state index in [2.05, 4.69) is 15.3 Å². The maximum absolute atomic E-state index is 12.3. The highest BCUT2D eigenvalue weighted by molar-refractivity contribution is 5.93. The van der Waals surface area contributed by atoms with Crippen LogP contribution in [0.2, 0.25) is 0 Å². The summed E-state index contributed by atoms with van der Waals surface area (Å²) in [5.41, 5.74) is 1.36. The van der Waals surface area contributed by atoms with Crippen molar-refractivity contribution >= 4 is 17.9 Å². The van der Waals surface area contributed by atoms with Crippen LogP contribution in [0.25, 0.3) is 0 Å². The van der Waals surface area contributed by atoms with Crippen LogP contribution in [-0.2, 0) is 11.3 Å². The van der Waals surface area contributed by atoms with Crippen LogP contribution >= 0.6 is 0 Å². The Hall–Kier alpha value is -3.36. The summed E-state index contributed by atoms with van der Waals surface area (Å²) in [6.07, 6.45) is 2.74. The van der Waals surface area contributed by atoms with E-state index < -0.39 is 0 Å². The molecule has 9 heteroatoms. The Morgan fingerprint density at radius 1 is 1.07 bits per heavy atom. The Morgan fingerprint density at radius 2 is 1.72 bits per heavy atom. The Morgan fingerprint density at radius 3 is 2.31 bits per heavy atom. The molecular weight excluding hydrogens is 374 g/mol. The minimum atomic E-state index is -0.294. The van der Waals surface area contributed by atoms with E-state index in [0.717, 1.165) is 11.3 Å². The summed E-state index contributed by atoms with van der Waals surface area (Å²) < 4.78 is 10.1. The molecule has 1 aromatic heterocycles. The summed E-state index contributed by atoms with van der Waals surface area (Å²) in [5.74, 6) is 1.08. The second kappa shape index (κ2) is 9.72. The molecule has 0 atom stereocenters. The number of ether oxygens (including phenoxy) is 2. The van der Waals surface area contributed by atoms with Crippen LogP contribution in [0, 0.1) is 0 Å². The quantitative estimate of drug-likeness (QED) is 0.789. The zero-order valence-electron chi connectivity index (χ0n) is 16.6. The largest absolute Gasteiger partial charge is 0.497 e. The van der Waals surface area contributed by atoms with E-state index in [9.17, 15) is 9.59 Å². The van der Waals surface area contributed by atoms with Crippen molar-refractivity contribution in [3.63, 3.8) is 0 Å². The molecular formula is C20H25N5O4. The van der Waals surface area contributed by atoms with Crippen LogP contribution in [0.4, 0.5) is 10.7 Å². The van der Waals surface area contributed by atoms with Crippen LogP contribution < -0.4 is 15.0 Å². The fourth-order valence-corrected chi connectivity index (χ4v) is 2.93.